The number of thioether (sulfide) groups is 1. The van der Waals surface area contributed by atoms with Crippen LogP contribution in [0.3, 0.4) is 0 Å². The van der Waals surface area contributed by atoms with Gasteiger partial charge in [0.1, 0.15) is 12.4 Å². The average Bonchev–Trinajstić information content (AvgIpc) is 2.66. The fourth-order valence-corrected chi connectivity index (χ4v) is 3.28. The highest BCUT2D eigenvalue weighted by Crippen LogP contribution is 2.26. The number of nitrogens with one attached hydrogen (secondary N) is 1. The Hall–Kier alpha value is -0.420. The molecule has 0 aromatic rings. The van der Waals surface area contributed by atoms with Gasteiger partial charge in [-0.15, -0.1) is 0 Å². The van der Waals surface area contributed by atoms with Gasteiger partial charge in [0.25, 0.3) is 0 Å². The molecule has 1 atom stereocenters. The molecule has 2 saturated heterocycles. The number of hydrogen-bond donors (Lipinski definition) is 1. The van der Waals surface area contributed by atoms with E-state index < -0.39 is 0 Å². The number of aliphatic imine (C=N–C) groups is 1. The molecule has 3 rings (SSSR count). The molecular formula is C7H13N4S+. The van der Waals surface area contributed by atoms with E-state index in [1.165, 1.54) is 18.2 Å². The molecule has 0 saturated carbocycles. The Labute approximate surface area is 76.2 Å². The molecule has 1 unspecified atom stereocenters. The van der Waals surface area contributed by atoms with E-state index >= 15 is 0 Å². The molecule has 5 heteroatoms. The van der Waals surface area contributed by atoms with Gasteiger partial charge in [-0.1, -0.05) is 11.8 Å². The van der Waals surface area contributed by atoms with Gasteiger partial charge < -0.3 is 0 Å². The molecule has 0 amide bonds. The van der Waals surface area contributed by atoms with Crippen molar-refractivity contribution in [1.82, 2.24) is 10.3 Å². The number of rotatable bonds is 0. The SMILES string of the molecule is C1CN2C[N+]3(CCSC3)NC2=N1. The number of quaternary nitrogens is 1. The maximum Gasteiger partial charge on any atom is 0.245 e. The third-order valence-electron chi connectivity index (χ3n) is 2.71. The lowest BCUT2D eigenvalue weighted by Gasteiger charge is -2.25. The Morgan fingerprint density at radius 3 is 3.33 bits per heavy atom. The van der Waals surface area contributed by atoms with Gasteiger partial charge in [-0.2, -0.15) is 10.0 Å². The van der Waals surface area contributed by atoms with Gasteiger partial charge in [-0.3, -0.25) is 4.90 Å². The molecule has 0 aliphatic carbocycles. The summed E-state index contributed by atoms with van der Waals surface area (Å²) in [7, 11) is 0. The number of hydrogen-bond acceptors (Lipinski definition) is 4. The number of nitrogens with zero attached hydrogens (tertiary/aromatic N) is 3. The molecule has 4 nitrogen and oxygen atoms in total. The van der Waals surface area contributed by atoms with Crippen molar-refractivity contribution < 1.29 is 4.59 Å². The van der Waals surface area contributed by atoms with Crippen molar-refractivity contribution >= 4 is 17.7 Å². The number of guanidine groups is 1. The highest BCUT2D eigenvalue weighted by Gasteiger charge is 2.44. The minimum Gasteiger partial charge on any atom is -0.288 e. The Bertz CT molecular complexity index is 234. The molecule has 0 bridgehead atoms. The summed E-state index contributed by atoms with van der Waals surface area (Å²) in [4.78, 5) is 6.79. The van der Waals surface area contributed by atoms with E-state index in [2.05, 4.69) is 15.3 Å². The van der Waals surface area contributed by atoms with Crippen LogP contribution in [0.4, 0.5) is 0 Å². The zero-order valence-corrected chi connectivity index (χ0v) is 7.81. The zero-order chi connectivity index (χ0) is 8.02. The van der Waals surface area contributed by atoms with Crippen LogP contribution in [-0.4, -0.2) is 53.4 Å². The van der Waals surface area contributed by atoms with E-state index in [0.717, 1.165) is 30.3 Å². The summed E-state index contributed by atoms with van der Waals surface area (Å²) < 4.78 is 1.05. The van der Waals surface area contributed by atoms with E-state index in [4.69, 9.17) is 0 Å². The van der Waals surface area contributed by atoms with Crippen LogP contribution >= 0.6 is 11.8 Å². The lowest BCUT2D eigenvalue weighted by molar-refractivity contribution is -0.939. The van der Waals surface area contributed by atoms with E-state index in [1.54, 1.807) is 0 Å². The fourth-order valence-electron chi connectivity index (χ4n) is 2.04. The van der Waals surface area contributed by atoms with Gasteiger partial charge in [0, 0.05) is 6.54 Å². The predicted octanol–water partition coefficient (Wildman–Crippen LogP) is -0.345. The molecule has 1 spiro atoms. The first-order chi connectivity index (χ1) is 5.88. The van der Waals surface area contributed by atoms with Crippen molar-refractivity contribution in [3.63, 3.8) is 0 Å². The Morgan fingerprint density at radius 2 is 2.58 bits per heavy atom. The molecule has 3 aliphatic rings. The Balaban J connectivity index is 1.85. The molecule has 1 N–H and O–H groups in total. The summed E-state index contributed by atoms with van der Waals surface area (Å²) in [6.45, 7) is 4.48. The average molecular weight is 185 g/mol. The Kier molecular flexibility index (Phi) is 1.34. The van der Waals surface area contributed by atoms with Crippen LogP contribution in [0.2, 0.25) is 0 Å². The maximum atomic E-state index is 4.42. The molecule has 0 aromatic heterocycles. The second-order valence-electron chi connectivity index (χ2n) is 3.63. The quantitative estimate of drug-likeness (QED) is 0.523. The van der Waals surface area contributed by atoms with Crippen molar-refractivity contribution in [2.45, 2.75) is 0 Å². The van der Waals surface area contributed by atoms with Gasteiger partial charge in [-0.05, 0) is 0 Å². The van der Waals surface area contributed by atoms with Crippen LogP contribution in [0.25, 0.3) is 0 Å². The van der Waals surface area contributed by atoms with Crippen molar-refractivity contribution in [2.75, 3.05) is 37.9 Å². The fraction of sp³-hybridized carbons (Fsp3) is 0.857. The van der Waals surface area contributed by atoms with Crippen LogP contribution in [-0.2, 0) is 0 Å². The minimum atomic E-state index is 0.982. The molecule has 66 valence electrons. The summed E-state index contributed by atoms with van der Waals surface area (Å²) in [5, 5.41) is 0. The summed E-state index contributed by atoms with van der Waals surface area (Å²) in [5.41, 5.74) is 3.52. The lowest BCUT2D eigenvalue weighted by Crippen LogP contribution is -2.52. The predicted molar refractivity (Wildman–Crippen MR) is 49.5 cm³/mol. The third-order valence-corrected chi connectivity index (χ3v) is 3.86. The van der Waals surface area contributed by atoms with Gasteiger partial charge in [0.2, 0.25) is 5.96 Å². The zero-order valence-electron chi connectivity index (χ0n) is 6.99. The highest BCUT2D eigenvalue weighted by molar-refractivity contribution is 7.99. The monoisotopic (exact) mass is 185 g/mol. The molecule has 0 aromatic carbocycles. The minimum absolute atomic E-state index is 0.982. The molecule has 0 radical (unpaired) electrons. The molecule has 2 fully saturated rings. The summed E-state index contributed by atoms with van der Waals surface area (Å²) >= 11 is 2.04. The van der Waals surface area contributed by atoms with E-state index in [1.807, 2.05) is 11.8 Å². The van der Waals surface area contributed by atoms with Crippen LogP contribution < -0.4 is 5.43 Å². The van der Waals surface area contributed by atoms with Crippen molar-refractivity contribution in [2.24, 2.45) is 4.99 Å². The molecule has 3 aliphatic heterocycles. The first-order valence-electron chi connectivity index (χ1n) is 4.40. The largest absolute Gasteiger partial charge is 0.288 e. The lowest BCUT2D eigenvalue weighted by atomic mass is 10.6. The molecule has 12 heavy (non-hydrogen) atoms. The normalized spacial score (nSPS) is 38.7. The van der Waals surface area contributed by atoms with Crippen molar-refractivity contribution in [3.8, 4) is 0 Å². The van der Waals surface area contributed by atoms with Crippen molar-refractivity contribution in [3.05, 3.63) is 0 Å². The van der Waals surface area contributed by atoms with Gasteiger partial charge in [-0.25, -0.2) is 4.99 Å². The van der Waals surface area contributed by atoms with Gasteiger partial charge >= 0.3 is 0 Å². The van der Waals surface area contributed by atoms with Crippen LogP contribution in [0.1, 0.15) is 0 Å². The highest BCUT2D eigenvalue weighted by atomic mass is 32.2. The van der Waals surface area contributed by atoms with Gasteiger partial charge in [0.05, 0.1) is 12.3 Å². The molecule has 3 heterocycles. The third kappa shape index (κ3) is 0.863. The second kappa shape index (κ2) is 2.29. The van der Waals surface area contributed by atoms with E-state index in [0.29, 0.717) is 0 Å². The summed E-state index contributed by atoms with van der Waals surface area (Å²) in [5.74, 6) is 3.63. The van der Waals surface area contributed by atoms with Crippen LogP contribution in [0.5, 0.6) is 0 Å². The summed E-state index contributed by atoms with van der Waals surface area (Å²) in [6.07, 6.45) is 0. The van der Waals surface area contributed by atoms with Crippen LogP contribution in [0.15, 0.2) is 4.99 Å². The van der Waals surface area contributed by atoms with E-state index in [-0.39, 0.29) is 0 Å². The first kappa shape index (κ1) is 7.03. The summed E-state index contributed by atoms with van der Waals surface area (Å²) in [6, 6.07) is 0. The topological polar surface area (TPSA) is 27.6 Å². The van der Waals surface area contributed by atoms with Crippen molar-refractivity contribution in [1.29, 1.82) is 0 Å². The molecular weight excluding hydrogens is 172 g/mol. The smallest absolute Gasteiger partial charge is 0.245 e. The van der Waals surface area contributed by atoms with E-state index in [9.17, 15) is 0 Å². The standard InChI is InChI=1S/C7H13N4S/c1-2-10-5-11(3-4-12-6-11)9-7(10)8-1/h1-6H2,(H,8,9)/q+1. The van der Waals surface area contributed by atoms with Gasteiger partial charge in [0.15, 0.2) is 6.67 Å². The van der Waals surface area contributed by atoms with Crippen LogP contribution in [0, 0.1) is 0 Å². The second-order valence-corrected chi connectivity index (χ2v) is 4.70. The maximum absolute atomic E-state index is 4.42. The number of fused-ring (bicyclic) bond motifs is 1. The Morgan fingerprint density at radius 1 is 1.58 bits per heavy atom. The first-order valence-corrected chi connectivity index (χ1v) is 5.55.